The number of nitrogens with one attached hydrogen (secondary N) is 1. The fourth-order valence-corrected chi connectivity index (χ4v) is 2.01. The van der Waals surface area contributed by atoms with Crippen LogP contribution < -0.4 is 5.32 Å². The van der Waals surface area contributed by atoms with Crippen LogP contribution in [0.3, 0.4) is 0 Å². The van der Waals surface area contributed by atoms with Crippen molar-refractivity contribution in [2.75, 3.05) is 5.32 Å². The van der Waals surface area contributed by atoms with E-state index in [9.17, 15) is 23.3 Å². The molecule has 0 aliphatic heterocycles. The van der Waals surface area contributed by atoms with Crippen LogP contribution in [0.5, 0.6) is 0 Å². The van der Waals surface area contributed by atoms with E-state index in [0.29, 0.717) is 10.2 Å². The second-order valence-corrected chi connectivity index (χ2v) is 5.03. The highest BCUT2D eigenvalue weighted by Crippen LogP contribution is 2.33. The topological polar surface area (TPSA) is 55.2 Å². The highest BCUT2D eigenvalue weighted by molar-refractivity contribution is 9.10. The van der Waals surface area contributed by atoms with Gasteiger partial charge in [-0.1, -0.05) is 15.9 Å². The molecular weight excluding hydrogens is 353 g/mol. The summed E-state index contributed by atoms with van der Waals surface area (Å²) < 4.78 is 37.9. The Morgan fingerprint density at radius 3 is 2.24 bits per heavy atom. The van der Waals surface area contributed by atoms with Crippen molar-refractivity contribution < 1.29 is 18.1 Å². The summed E-state index contributed by atoms with van der Waals surface area (Å²) in [5.41, 5.74) is -0.431. The van der Waals surface area contributed by atoms with Gasteiger partial charge in [0, 0.05) is 16.2 Å². The van der Waals surface area contributed by atoms with E-state index in [1.54, 1.807) is 6.07 Å². The van der Waals surface area contributed by atoms with Crippen molar-refractivity contribution in [2.45, 2.75) is 6.18 Å². The Kier molecular flexibility index (Phi) is 4.17. The van der Waals surface area contributed by atoms with Gasteiger partial charge in [0.25, 0.3) is 5.69 Å². The largest absolute Gasteiger partial charge is 0.416 e. The Morgan fingerprint density at radius 2 is 1.71 bits per heavy atom. The zero-order valence-electron chi connectivity index (χ0n) is 10.3. The maximum atomic E-state index is 12.4. The van der Waals surface area contributed by atoms with Crippen LogP contribution in [0.15, 0.2) is 46.9 Å². The van der Waals surface area contributed by atoms with E-state index in [1.807, 2.05) is 0 Å². The molecule has 2 aromatic rings. The van der Waals surface area contributed by atoms with Gasteiger partial charge in [-0.2, -0.15) is 13.2 Å². The van der Waals surface area contributed by atoms with Crippen LogP contribution in [0.1, 0.15) is 5.56 Å². The minimum Gasteiger partial charge on any atom is -0.350 e. The van der Waals surface area contributed by atoms with Gasteiger partial charge in [-0.25, -0.2) is 0 Å². The average molecular weight is 361 g/mol. The summed E-state index contributed by atoms with van der Waals surface area (Å²) in [5, 5.41) is 13.7. The van der Waals surface area contributed by atoms with Crippen molar-refractivity contribution in [2.24, 2.45) is 0 Å². The summed E-state index contributed by atoms with van der Waals surface area (Å²) in [6.45, 7) is 0. The van der Waals surface area contributed by atoms with Crippen LogP contribution in [0, 0.1) is 10.1 Å². The third-order valence-corrected chi connectivity index (χ3v) is 3.14. The van der Waals surface area contributed by atoms with Gasteiger partial charge in [-0.05, 0) is 36.4 Å². The second-order valence-electron chi connectivity index (χ2n) is 4.12. The lowest BCUT2D eigenvalue weighted by molar-refractivity contribution is -0.384. The molecule has 0 aromatic heterocycles. The Hall–Kier alpha value is -2.09. The maximum Gasteiger partial charge on any atom is 0.416 e. The SMILES string of the molecule is O=[N+]([O-])c1cc(Br)ccc1Nc1ccc(C(F)(F)F)cc1. The molecular formula is C13H8BrF3N2O2. The first kappa shape index (κ1) is 15.3. The lowest BCUT2D eigenvalue weighted by Crippen LogP contribution is -2.04. The molecule has 0 spiro atoms. The van der Waals surface area contributed by atoms with Gasteiger partial charge in [0.15, 0.2) is 0 Å². The summed E-state index contributed by atoms with van der Waals surface area (Å²) in [6.07, 6.45) is -4.41. The number of alkyl halides is 3. The Morgan fingerprint density at radius 1 is 1.10 bits per heavy atom. The smallest absolute Gasteiger partial charge is 0.350 e. The van der Waals surface area contributed by atoms with Crippen LogP contribution in [0.2, 0.25) is 0 Å². The molecule has 2 aromatic carbocycles. The van der Waals surface area contributed by atoms with Gasteiger partial charge >= 0.3 is 6.18 Å². The molecule has 0 bridgehead atoms. The van der Waals surface area contributed by atoms with Gasteiger partial charge in [0.2, 0.25) is 0 Å². The molecule has 0 fully saturated rings. The number of nitro benzene ring substituents is 1. The van der Waals surface area contributed by atoms with E-state index in [1.165, 1.54) is 24.3 Å². The Labute approximate surface area is 125 Å². The molecule has 21 heavy (non-hydrogen) atoms. The highest BCUT2D eigenvalue weighted by Gasteiger charge is 2.30. The third kappa shape index (κ3) is 3.72. The van der Waals surface area contributed by atoms with E-state index in [-0.39, 0.29) is 11.4 Å². The van der Waals surface area contributed by atoms with E-state index in [2.05, 4.69) is 21.2 Å². The second kappa shape index (κ2) is 5.72. The monoisotopic (exact) mass is 360 g/mol. The molecule has 0 aliphatic rings. The molecule has 0 radical (unpaired) electrons. The molecule has 1 N–H and O–H groups in total. The van der Waals surface area contributed by atoms with Gasteiger partial charge in [0.1, 0.15) is 5.69 Å². The summed E-state index contributed by atoms with van der Waals surface area (Å²) in [4.78, 5) is 10.4. The predicted octanol–water partition coefficient (Wildman–Crippen LogP) is 5.12. The minimum absolute atomic E-state index is 0.177. The fourth-order valence-electron chi connectivity index (χ4n) is 1.66. The number of rotatable bonds is 3. The normalized spacial score (nSPS) is 11.2. The number of anilines is 2. The molecule has 0 heterocycles. The van der Waals surface area contributed by atoms with E-state index in [4.69, 9.17) is 0 Å². The van der Waals surface area contributed by atoms with Gasteiger partial charge < -0.3 is 5.32 Å². The highest BCUT2D eigenvalue weighted by atomic mass is 79.9. The molecule has 8 heteroatoms. The number of hydrogen-bond acceptors (Lipinski definition) is 3. The molecule has 110 valence electrons. The number of nitro groups is 1. The molecule has 0 aliphatic carbocycles. The van der Waals surface area contributed by atoms with E-state index < -0.39 is 16.7 Å². The zero-order chi connectivity index (χ0) is 15.6. The van der Waals surface area contributed by atoms with Gasteiger partial charge in [-0.15, -0.1) is 0 Å². The minimum atomic E-state index is -4.41. The Balaban J connectivity index is 2.28. The third-order valence-electron chi connectivity index (χ3n) is 2.65. The van der Waals surface area contributed by atoms with Crippen molar-refractivity contribution in [1.82, 2.24) is 0 Å². The molecule has 0 atom stereocenters. The van der Waals surface area contributed by atoms with Crippen LogP contribution in [-0.4, -0.2) is 4.92 Å². The summed E-state index contributed by atoms with van der Waals surface area (Å²) in [6, 6.07) is 8.63. The predicted molar refractivity (Wildman–Crippen MR) is 75.5 cm³/mol. The number of benzene rings is 2. The number of hydrogen-bond donors (Lipinski definition) is 1. The first-order valence-electron chi connectivity index (χ1n) is 5.65. The quantitative estimate of drug-likeness (QED) is 0.610. The van der Waals surface area contributed by atoms with Gasteiger partial charge in [0.05, 0.1) is 10.5 Å². The lowest BCUT2D eigenvalue weighted by Gasteiger charge is -2.10. The van der Waals surface area contributed by atoms with E-state index in [0.717, 1.165) is 12.1 Å². The maximum absolute atomic E-state index is 12.4. The molecule has 0 amide bonds. The molecule has 0 saturated carbocycles. The fraction of sp³-hybridized carbons (Fsp3) is 0.0769. The lowest BCUT2D eigenvalue weighted by atomic mass is 10.2. The summed E-state index contributed by atoms with van der Waals surface area (Å²) in [7, 11) is 0. The van der Waals surface area contributed by atoms with Crippen molar-refractivity contribution >= 4 is 33.0 Å². The summed E-state index contributed by atoms with van der Waals surface area (Å²) >= 11 is 3.12. The molecule has 0 saturated heterocycles. The van der Waals surface area contributed by atoms with Crippen molar-refractivity contribution in [3.8, 4) is 0 Å². The number of nitrogens with zero attached hydrogens (tertiary/aromatic N) is 1. The zero-order valence-corrected chi connectivity index (χ0v) is 11.9. The van der Waals surface area contributed by atoms with Crippen molar-refractivity contribution in [1.29, 1.82) is 0 Å². The average Bonchev–Trinajstić information content (AvgIpc) is 2.40. The molecule has 2 rings (SSSR count). The van der Waals surface area contributed by atoms with Crippen molar-refractivity contribution in [3.63, 3.8) is 0 Å². The number of halogens is 4. The van der Waals surface area contributed by atoms with Crippen LogP contribution >= 0.6 is 15.9 Å². The van der Waals surface area contributed by atoms with Crippen LogP contribution in [0.4, 0.5) is 30.2 Å². The first-order chi connectivity index (χ1) is 9.77. The Bertz CT molecular complexity index is 672. The molecule has 0 unspecified atom stereocenters. The van der Waals surface area contributed by atoms with Crippen LogP contribution in [-0.2, 0) is 6.18 Å². The van der Waals surface area contributed by atoms with Crippen LogP contribution in [0.25, 0.3) is 0 Å². The standard InChI is InChI=1S/C13H8BrF3N2O2/c14-9-3-6-11(12(7-9)19(20)21)18-10-4-1-8(2-5-10)13(15,16)17/h1-7,18H. The van der Waals surface area contributed by atoms with Crippen molar-refractivity contribution in [3.05, 3.63) is 62.6 Å². The summed E-state index contributed by atoms with van der Waals surface area (Å²) in [5.74, 6) is 0. The first-order valence-corrected chi connectivity index (χ1v) is 6.45. The van der Waals surface area contributed by atoms with Gasteiger partial charge in [-0.3, -0.25) is 10.1 Å². The molecule has 4 nitrogen and oxygen atoms in total. The van der Waals surface area contributed by atoms with E-state index >= 15 is 0 Å².